The highest BCUT2D eigenvalue weighted by molar-refractivity contribution is 7.15. The Labute approximate surface area is 113 Å². The predicted molar refractivity (Wildman–Crippen MR) is 71.4 cm³/mol. The van der Waals surface area contributed by atoms with Crippen LogP contribution in [-0.4, -0.2) is 51.8 Å². The first-order chi connectivity index (χ1) is 9.26. The quantitative estimate of drug-likeness (QED) is 0.854. The SMILES string of the molecule is O=c1cc(CN2CCOC(CO)C2)nc2sccn12. The molecule has 2 aromatic rings. The van der Waals surface area contributed by atoms with E-state index in [0.717, 1.165) is 17.2 Å². The van der Waals surface area contributed by atoms with Gasteiger partial charge in [0.2, 0.25) is 0 Å². The second-order valence-electron chi connectivity index (χ2n) is 4.55. The van der Waals surface area contributed by atoms with Gasteiger partial charge < -0.3 is 9.84 Å². The van der Waals surface area contributed by atoms with Crippen LogP contribution in [0, 0.1) is 0 Å². The zero-order valence-corrected chi connectivity index (χ0v) is 11.2. The molecule has 1 aliphatic rings. The van der Waals surface area contributed by atoms with Gasteiger partial charge in [0.1, 0.15) is 0 Å². The average Bonchev–Trinajstić information content (AvgIpc) is 2.88. The highest BCUT2D eigenvalue weighted by Crippen LogP contribution is 2.11. The van der Waals surface area contributed by atoms with Crippen molar-refractivity contribution in [1.29, 1.82) is 0 Å². The summed E-state index contributed by atoms with van der Waals surface area (Å²) in [7, 11) is 0. The van der Waals surface area contributed by atoms with Crippen LogP contribution in [0.3, 0.4) is 0 Å². The molecule has 0 saturated carbocycles. The van der Waals surface area contributed by atoms with Crippen molar-refractivity contribution in [3.05, 3.63) is 33.7 Å². The minimum absolute atomic E-state index is 0.0244. The van der Waals surface area contributed by atoms with Crippen LogP contribution in [0.4, 0.5) is 0 Å². The van der Waals surface area contributed by atoms with Gasteiger partial charge in [-0.25, -0.2) is 4.98 Å². The summed E-state index contributed by atoms with van der Waals surface area (Å²) in [5.41, 5.74) is 0.722. The summed E-state index contributed by atoms with van der Waals surface area (Å²) in [5, 5.41) is 11.0. The van der Waals surface area contributed by atoms with Crippen molar-refractivity contribution in [3.63, 3.8) is 0 Å². The Balaban J connectivity index is 1.79. The minimum atomic E-state index is -0.139. The topological polar surface area (TPSA) is 67.1 Å². The van der Waals surface area contributed by atoms with Gasteiger partial charge in [-0.3, -0.25) is 14.1 Å². The maximum atomic E-state index is 11.9. The van der Waals surface area contributed by atoms with Crippen molar-refractivity contribution in [2.24, 2.45) is 0 Å². The van der Waals surface area contributed by atoms with E-state index in [0.29, 0.717) is 19.7 Å². The van der Waals surface area contributed by atoms with Crippen molar-refractivity contribution >= 4 is 16.3 Å². The monoisotopic (exact) mass is 281 g/mol. The van der Waals surface area contributed by atoms with Gasteiger partial charge in [-0.1, -0.05) is 0 Å². The molecule has 0 spiro atoms. The lowest BCUT2D eigenvalue weighted by atomic mass is 10.2. The van der Waals surface area contributed by atoms with Crippen LogP contribution >= 0.6 is 11.3 Å². The first-order valence-corrected chi connectivity index (χ1v) is 7.05. The van der Waals surface area contributed by atoms with E-state index < -0.39 is 0 Å². The van der Waals surface area contributed by atoms with Gasteiger partial charge in [0.05, 0.1) is 25.0 Å². The first-order valence-electron chi connectivity index (χ1n) is 6.17. The van der Waals surface area contributed by atoms with E-state index in [2.05, 4.69) is 9.88 Å². The van der Waals surface area contributed by atoms with Crippen LogP contribution in [-0.2, 0) is 11.3 Å². The molecule has 0 aliphatic carbocycles. The van der Waals surface area contributed by atoms with Crippen molar-refractivity contribution in [2.45, 2.75) is 12.6 Å². The molecule has 19 heavy (non-hydrogen) atoms. The fourth-order valence-corrected chi connectivity index (χ4v) is 2.97. The van der Waals surface area contributed by atoms with E-state index in [1.807, 2.05) is 5.38 Å². The Bertz CT molecular complexity index is 624. The molecular formula is C12H15N3O3S. The molecular weight excluding hydrogens is 266 g/mol. The predicted octanol–water partition coefficient (Wildman–Crippen LogP) is -0.0509. The van der Waals surface area contributed by atoms with Crippen molar-refractivity contribution in [1.82, 2.24) is 14.3 Å². The lowest BCUT2D eigenvalue weighted by molar-refractivity contribution is -0.0553. The maximum Gasteiger partial charge on any atom is 0.258 e. The Morgan fingerprint density at radius 3 is 3.32 bits per heavy atom. The van der Waals surface area contributed by atoms with E-state index in [1.54, 1.807) is 16.7 Å². The Hall–Kier alpha value is -1.28. The fraction of sp³-hybridized carbons (Fsp3) is 0.500. The van der Waals surface area contributed by atoms with E-state index in [4.69, 9.17) is 9.84 Å². The van der Waals surface area contributed by atoms with Crippen LogP contribution in [0.15, 0.2) is 22.4 Å². The van der Waals surface area contributed by atoms with Crippen LogP contribution in [0.25, 0.3) is 4.96 Å². The Morgan fingerprint density at radius 2 is 2.47 bits per heavy atom. The molecule has 1 fully saturated rings. The molecule has 0 amide bonds. The van der Waals surface area contributed by atoms with E-state index in [9.17, 15) is 4.79 Å². The molecule has 102 valence electrons. The zero-order valence-electron chi connectivity index (χ0n) is 10.4. The van der Waals surface area contributed by atoms with Crippen LogP contribution in [0.5, 0.6) is 0 Å². The molecule has 0 bridgehead atoms. The fourth-order valence-electron chi connectivity index (χ4n) is 2.23. The Kier molecular flexibility index (Phi) is 3.61. The summed E-state index contributed by atoms with van der Waals surface area (Å²) in [6.45, 7) is 2.70. The van der Waals surface area contributed by atoms with Gasteiger partial charge in [0.15, 0.2) is 4.96 Å². The van der Waals surface area contributed by atoms with Crippen LogP contribution in [0.1, 0.15) is 5.69 Å². The highest BCUT2D eigenvalue weighted by Gasteiger charge is 2.20. The number of aromatic nitrogens is 2. The average molecular weight is 281 g/mol. The first kappa shape index (κ1) is 12.7. The van der Waals surface area contributed by atoms with Crippen molar-refractivity contribution < 1.29 is 9.84 Å². The van der Waals surface area contributed by atoms with Crippen molar-refractivity contribution in [2.75, 3.05) is 26.3 Å². The van der Waals surface area contributed by atoms with E-state index in [1.165, 1.54) is 11.3 Å². The molecule has 1 aliphatic heterocycles. The van der Waals surface area contributed by atoms with Crippen molar-refractivity contribution in [3.8, 4) is 0 Å². The molecule has 3 rings (SSSR count). The maximum absolute atomic E-state index is 11.9. The molecule has 1 unspecified atom stereocenters. The van der Waals surface area contributed by atoms with Gasteiger partial charge in [-0.05, 0) is 0 Å². The summed E-state index contributed by atoms with van der Waals surface area (Å²) >= 11 is 1.45. The molecule has 0 aromatic carbocycles. The third-order valence-electron chi connectivity index (χ3n) is 3.17. The second-order valence-corrected chi connectivity index (χ2v) is 5.42. The lowest BCUT2D eigenvalue weighted by Gasteiger charge is -2.31. The number of ether oxygens (including phenoxy) is 1. The number of thiazole rings is 1. The minimum Gasteiger partial charge on any atom is -0.394 e. The van der Waals surface area contributed by atoms with Gasteiger partial charge in [-0.2, -0.15) is 0 Å². The third kappa shape index (κ3) is 2.69. The molecule has 1 N–H and O–H groups in total. The zero-order chi connectivity index (χ0) is 13.2. The molecule has 7 heteroatoms. The number of aliphatic hydroxyl groups excluding tert-OH is 1. The molecule has 6 nitrogen and oxygen atoms in total. The number of hydrogen-bond donors (Lipinski definition) is 1. The number of rotatable bonds is 3. The molecule has 1 saturated heterocycles. The smallest absolute Gasteiger partial charge is 0.258 e. The summed E-state index contributed by atoms with van der Waals surface area (Å²) in [6, 6.07) is 1.57. The Morgan fingerprint density at radius 1 is 1.58 bits per heavy atom. The number of morpholine rings is 1. The summed E-state index contributed by atoms with van der Waals surface area (Å²) in [5.74, 6) is 0. The molecule has 3 heterocycles. The number of aliphatic hydroxyl groups is 1. The number of nitrogens with zero attached hydrogens (tertiary/aromatic N) is 3. The summed E-state index contributed by atoms with van der Waals surface area (Å²) in [6.07, 6.45) is 1.59. The van der Waals surface area contributed by atoms with Gasteiger partial charge in [-0.15, -0.1) is 11.3 Å². The number of fused-ring (bicyclic) bond motifs is 1. The second kappa shape index (κ2) is 5.38. The van der Waals surface area contributed by atoms with E-state index in [-0.39, 0.29) is 18.3 Å². The highest BCUT2D eigenvalue weighted by atomic mass is 32.1. The third-order valence-corrected chi connectivity index (χ3v) is 3.92. The molecule has 1 atom stereocenters. The summed E-state index contributed by atoms with van der Waals surface area (Å²) < 4.78 is 6.95. The van der Waals surface area contributed by atoms with Gasteiger partial charge in [0, 0.05) is 37.3 Å². The largest absolute Gasteiger partial charge is 0.394 e. The van der Waals surface area contributed by atoms with Gasteiger partial charge >= 0.3 is 0 Å². The van der Waals surface area contributed by atoms with E-state index >= 15 is 0 Å². The standard InChI is InChI=1S/C12H15N3O3S/c16-8-10-7-14(1-3-18-10)6-9-5-11(17)15-2-4-19-12(15)13-9/h2,4-5,10,16H,1,3,6-8H2. The van der Waals surface area contributed by atoms with Gasteiger partial charge in [0.25, 0.3) is 5.56 Å². The lowest BCUT2D eigenvalue weighted by Crippen LogP contribution is -2.43. The normalized spacial score (nSPS) is 21.0. The molecule has 2 aromatic heterocycles. The van der Waals surface area contributed by atoms with Crippen LogP contribution < -0.4 is 5.56 Å². The number of hydrogen-bond acceptors (Lipinski definition) is 6. The summed E-state index contributed by atoms with van der Waals surface area (Å²) in [4.78, 5) is 19.2. The van der Waals surface area contributed by atoms with Crippen LogP contribution in [0.2, 0.25) is 0 Å². The molecule has 0 radical (unpaired) electrons.